The average molecular weight is 409 g/mol. The summed E-state index contributed by atoms with van der Waals surface area (Å²) < 4.78 is 11.0. The van der Waals surface area contributed by atoms with Crippen LogP contribution in [0.25, 0.3) is 0 Å². The number of benzene rings is 1. The SMILES string of the molecule is Cc1cnc2c(c1NCc1cccc3c1C(=O)N([C@H](C1CC1)C(C)(C)O)C3)OCO2. The molecule has 5 rings (SSSR count). The van der Waals surface area contributed by atoms with Crippen LogP contribution in [0.5, 0.6) is 11.6 Å². The Bertz CT molecular complexity index is 1010. The number of carbonyl (C=O) groups is 1. The molecule has 0 bridgehead atoms. The number of anilines is 1. The van der Waals surface area contributed by atoms with Crippen LogP contribution in [0.2, 0.25) is 0 Å². The van der Waals surface area contributed by atoms with Crippen LogP contribution in [0.15, 0.2) is 24.4 Å². The lowest BCUT2D eigenvalue weighted by molar-refractivity contribution is -0.0224. The lowest BCUT2D eigenvalue weighted by atomic mass is 9.93. The molecule has 0 saturated heterocycles. The minimum absolute atomic E-state index is 0.0117. The molecule has 1 amide bonds. The fraction of sp³-hybridized carbons (Fsp3) is 0.478. The van der Waals surface area contributed by atoms with E-state index in [1.54, 1.807) is 6.20 Å². The molecule has 158 valence electrons. The summed E-state index contributed by atoms with van der Waals surface area (Å²) >= 11 is 0. The number of rotatable bonds is 6. The third-order valence-corrected chi connectivity index (χ3v) is 6.23. The summed E-state index contributed by atoms with van der Waals surface area (Å²) in [6.07, 6.45) is 3.89. The molecule has 7 nitrogen and oxygen atoms in total. The number of aromatic nitrogens is 1. The number of aryl methyl sites for hydroxylation is 1. The van der Waals surface area contributed by atoms with Gasteiger partial charge in [0.15, 0.2) is 0 Å². The lowest BCUT2D eigenvalue weighted by Crippen LogP contribution is -2.51. The zero-order valence-corrected chi connectivity index (χ0v) is 17.6. The number of pyridine rings is 1. The maximum Gasteiger partial charge on any atom is 0.262 e. The third kappa shape index (κ3) is 3.17. The van der Waals surface area contributed by atoms with Gasteiger partial charge in [-0.3, -0.25) is 4.79 Å². The molecular weight excluding hydrogens is 382 g/mol. The number of nitrogens with zero attached hydrogens (tertiary/aromatic N) is 2. The molecule has 1 atom stereocenters. The van der Waals surface area contributed by atoms with Gasteiger partial charge in [-0.05, 0) is 56.2 Å². The zero-order chi connectivity index (χ0) is 21.0. The number of amides is 1. The summed E-state index contributed by atoms with van der Waals surface area (Å²) in [5.74, 6) is 1.49. The van der Waals surface area contributed by atoms with E-state index >= 15 is 0 Å². The normalized spacial score (nSPS) is 18.5. The molecule has 1 saturated carbocycles. The van der Waals surface area contributed by atoms with Crippen molar-refractivity contribution in [1.29, 1.82) is 0 Å². The van der Waals surface area contributed by atoms with Crippen molar-refractivity contribution in [2.75, 3.05) is 12.1 Å². The fourth-order valence-electron chi connectivity index (χ4n) is 4.80. The van der Waals surface area contributed by atoms with Gasteiger partial charge in [0.25, 0.3) is 11.8 Å². The van der Waals surface area contributed by atoms with Crippen molar-refractivity contribution in [3.05, 3.63) is 46.6 Å². The first-order chi connectivity index (χ1) is 14.3. The Morgan fingerprint density at radius 3 is 2.87 bits per heavy atom. The Morgan fingerprint density at radius 1 is 1.33 bits per heavy atom. The average Bonchev–Trinajstić information content (AvgIpc) is 3.29. The van der Waals surface area contributed by atoms with Crippen molar-refractivity contribution in [2.45, 2.75) is 58.3 Å². The van der Waals surface area contributed by atoms with Gasteiger partial charge < -0.3 is 24.8 Å². The predicted molar refractivity (Wildman–Crippen MR) is 112 cm³/mol. The highest BCUT2D eigenvalue weighted by Gasteiger charge is 2.48. The summed E-state index contributed by atoms with van der Waals surface area (Å²) in [7, 11) is 0. The molecular formula is C23H27N3O4. The van der Waals surface area contributed by atoms with E-state index in [-0.39, 0.29) is 18.7 Å². The smallest absolute Gasteiger partial charge is 0.262 e. The van der Waals surface area contributed by atoms with Crippen molar-refractivity contribution in [1.82, 2.24) is 9.88 Å². The van der Waals surface area contributed by atoms with Crippen molar-refractivity contribution in [3.63, 3.8) is 0 Å². The first-order valence-corrected chi connectivity index (χ1v) is 10.5. The van der Waals surface area contributed by atoms with Crippen molar-refractivity contribution in [3.8, 4) is 11.6 Å². The lowest BCUT2D eigenvalue weighted by Gasteiger charge is -2.37. The molecule has 3 aliphatic rings. The third-order valence-electron chi connectivity index (χ3n) is 6.23. The number of nitrogens with one attached hydrogen (secondary N) is 1. The molecule has 0 spiro atoms. The van der Waals surface area contributed by atoms with E-state index in [9.17, 15) is 9.90 Å². The van der Waals surface area contributed by atoms with E-state index in [1.807, 2.05) is 43.9 Å². The van der Waals surface area contributed by atoms with Crippen LogP contribution in [0, 0.1) is 12.8 Å². The van der Waals surface area contributed by atoms with Gasteiger partial charge in [-0.1, -0.05) is 18.2 Å². The molecule has 2 aromatic rings. The molecule has 2 N–H and O–H groups in total. The highest BCUT2D eigenvalue weighted by Crippen LogP contribution is 2.44. The van der Waals surface area contributed by atoms with Gasteiger partial charge in [-0.2, -0.15) is 0 Å². The van der Waals surface area contributed by atoms with Crippen LogP contribution in [0.4, 0.5) is 5.69 Å². The Balaban J connectivity index is 1.42. The van der Waals surface area contributed by atoms with Crippen LogP contribution in [-0.2, 0) is 13.1 Å². The summed E-state index contributed by atoms with van der Waals surface area (Å²) in [5.41, 5.74) is 3.57. The molecule has 1 fully saturated rings. The Kier molecular flexibility index (Phi) is 4.39. The van der Waals surface area contributed by atoms with Crippen LogP contribution in [-0.4, -0.2) is 39.3 Å². The number of carbonyl (C=O) groups excluding carboxylic acids is 1. The molecule has 30 heavy (non-hydrogen) atoms. The first kappa shape index (κ1) is 19.2. The molecule has 7 heteroatoms. The fourth-order valence-corrected chi connectivity index (χ4v) is 4.80. The van der Waals surface area contributed by atoms with Gasteiger partial charge in [0.1, 0.15) is 0 Å². The quantitative estimate of drug-likeness (QED) is 0.762. The van der Waals surface area contributed by atoms with E-state index in [0.717, 1.165) is 40.8 Å². The summed E-state index contributed by atoms with van der Waals surface area (Å²) in [6.45, 7) is 6.78. The van der Waals surface area contributed by atoms with E-state index in [1.165, 1.54) is 0 Å². The minimum atomic E-state index is -0.927. The molecule has 1 aliphatic carbocycles. The van der Waals surface area contributed by atoms with E-state index in [2.05, 4.69) is 10.3 Å². The number of ether oxygens (including phenoxy) is 2. The summed E-state index contributed by atoms with van der Waals surface area (Å²) in [6, 6.07) is 5.83. The number of hydrogen-bond acceptors (Lipinski definition) is 6. The Morgan fingerprint density at radius 2 is 2.13 bits per heavy atom. The molecule has 0 radical (unpaired) electrons. The second-order valence-corrected chi connectivity index (χ2v) is 9.03. The van der Waals surface area contributed by atoms with Gasteiger partial charge in [0, 0.05) is 24.8 Å². The Labute approximate surface area is 176 Å². The molecule has 3 heterocycles. The zero-order valence-electron chi connectivity index (χ0n) is 17.6. The van der Waals surface area contributed by atoms with Crippen LogP contribution < -0.4 is 14.8 Å². The van der Waals surface area contributed by atoms with Gasteiger partial charge in [0.05, 0.1) is 17.3 Å². The second kappa shape index (κ2) is 6.87. The van der Waals surface area contributed by atoms with Crippen LogP contribution >= 0.6 is 0 Å². The van der Waals surface area contributed by atoms with E-state index in [0.29, 0.717) is 30.6 Å². The van der Waals surface area contributed by atoms with Crippen molar-refractivity contribution in [2.24, 2.45) is 5.92 Å². The second-order valence-electron chi connectivity index (χ2n) is 9.03. The van der Waals surface area contributed by atoms with Gasteiger partial charge in [-0.15, -0.1) is 0 Å². The molecule has 2 aliphatic heterocycles. The largest absolute Gasteiger partial charge is 0.450 e. The monoisotopic (exact) mass is 409 g/mol. The maximum absolute atomic E-state index is 13.4. The van der Waals surface area contributed by atoms with Gasteiger partial charge in [0.2, 0.25) is 12.5 Å². The number of fused-ring (bicyclic) bond motifs is 2. The number of aliphatic hydroxyl groups is 1. The topological polar surface area (TPSA) is 83.9 Å². The predicted octanol–water partition coefficient (Wildman–Crippen LogP) is 3.24. The highest BCUT2D eigenvalue weighted by molar-refractivity contribution is 6.00. The molecule has 0 unspecified atom stereocenters. The first-order valence-electron chi connectivity index (χ1n) is 10.5. The number of hydrogen-bond donors (Lipinski definition) is 2. The minimum Gasteiger partial charge on any atom is -0.450 e. The molecule has 1 aromatic carbocycles. The Hall–Kier alpha value is -2.80. The van der Waals surface area contributed by atoms with Crippen molar-refractivity contribution >= 4 is 11.6 Å². The maximum atomic E-state index is 13.4. The van der Waals surface area contributed by atoms with Gasteiger partial charge in [-0.25, -0.2) is 4.98 Å². The highest BCUT2D eigenvalue weighted by atomic mass is 16.7. The van der Waals surface area contributed by atoms with E-state index < -0.39 is 5.60 Å². The van der Waals surface area contributed by atoms with E-state index in [4.69, 9.17) is 9.47 Å². The van der Waals surface area contributed by atoms with Crippen LogP contribution in [0.1, 0.15) is 53.7 Å². The standard InChI is InChI=1S/C23H27N3O4/c1-13-9-25-21-19(29-12-30-21)18(13)24-10-15-5-4-6-16-11-26(22(27)17(15)16)20(14-7-8-14)23(2,3)28/h4-6,9,14,20,28H,7-8,10-12H2,1-3H3,(H,24,25)/t20-/m1/s1. The summed E-state index contributed by atoms with van der Waals surface area (Å²) in [5, 5.41) is 14.2. The summed E-state index contributed by atoms with van der Waals surface area (Å²) in [4.78, 5) is 19.6. The van der Waals surface area contributed by atoms with Crippen molar-refractivity contribution < 1.29 is 19.4 Å². The van der Waals surface area contributed by atoms with Crippen LogP contribution in [0.3, 0.4) is 0 Å². The molecule has 1 aromatic heterocycles. The van der Waals surface area contributed by atoms with Gasteiger partial charge >= 0.3 is 0 Å².